The first-order valence-electron chi connectivity index (χ1n) is 9.12. The van der Waals surface area contributed by atoms with Gasteiger partial charge in [-0.3, -0.25) is 4.79 Å². The number of aryl methyl sites for hydroxylation is 2. The Hall–Kier alpha value is -2.25. The minimum absolute atomic E-state index is 0.0523. The van der Waals surface area contributed by atoms with Crippen molar-refractivity contribution in [1.29, 1.82) is 0 Å². The molecule has 1 fully saturated rings. The SMILES string of the molecule is O=C(c1ccc2c(c1)CCC2)N1CCN(S(=O)(=O)c2ccc(F)cc2)CC1. The topological polar surface area (TPSA) is 57.7 Å². The number of hydrogen-bond donors (Lipinski definition) is 0. The molecule has 2 aromatic rings. The maximum atomic E-state index is 13.0. The molecule has 0 unspecified atom stereocenters. The highest BCUT2D eigenvalue weighted by Crippen LogP contribution is 2.24. The van der Waals surface area contributed by atoms with Crippen LogP contribution in [0.3, 0.4) is 0 Å². The lowest BCUT2D eigenvalue weighted by atomic mass is 10.1. The van der Waals surface area contributed by atoms with E-state index < -0.39 is 15.8 Å². The predicted octanol–water partition coefficient (Wildman–Crippen LogP) is 2.46. The minimum Gasteiger partial charge on any atom is -0.336 e. The number of piperazine rings is 1. The fourth-order valence-corrected chi connectivity index (χ4v) is 5.20. The molecular formula is C20H21FN2O3S. The molecule has 27 heavy (non-hydrogen) atoms. The van der Waals surface area contributed by atoms with Gasteiger partial charge in [0.05, 0.1) is 4.90 Å². The van der Waals surface area contributed by atoms with Crippen LogP contribution < -0.4 is 0 Å². The number of benzene rings is 2. The molecule has 1 saturated heterocycles. The molecular weight excluding hydrogens is 367 g/mol. The van der Waals surface area contributed by atoms with Gasteiger partial charge in [-0.05, 0) is 66.8 Å². The summed E-state index contributed by atoms with van der Waals surface area (Å²) >= 11 is 0. The second kappa shape index (κ2) is 7.05. The van der Waals surface area contributed by atoms with Gasteiger partial charge in [-0.25, -0.2) is 12.8 Å². The molecule has 1 aliphatic heterocycles. The molecule has 2 aliphatic rings. The molecule has 1 amide bonds. The summed E-state index contributed by atoms with van der Waals surface area (Å²) in [6.07, 6.45) is 3.22. The first-order chi connectivity index (χ1) is 12.9. The maximum absolute atomic E-state index is 13.0. The summed E-state index contributed by atoms with van der Waals surface area (Å²) in [5, 5.41) is 0. The zero-order valence-corrected chi connectivity index (χ0v) is 15.7. The summed E-state index contributed by atoms with van der Waals surface area (Å²) in [6.45, 7) is 1.15. The zero-order valence-electron chi connectivity index (χ0n) is 14.9. The van der Waals surface area contributed by atoms with Crippen LogP contribution in [0.15, 0.2) is 47.4 Å². The van der Waals surface area contributed by atoms with E-state index in [0.717, 1.165) is 31.4 Å². The van der Waals surface area contributed by atoms with Crippen LogP contribution in [0.4, 0.5) is 4.39 Å². The first-order valence-corrected chi connectivity index (χ1v) is 10.6. The Bertz CT molecular complexity index is 965. The van der Waals surface area contributed by atoms with Crippen molar-refractivity contribution in [2.45, 2.75) is 24.2 Å². The van der Waals surface area contributed by atoms with E-state index in [1.807, 2.05) is 18.2 Å². The van der Waals surface area contributed by atoms with Crippen molar-refractivity contribution in [3.8, 4) is 0 Å². The molecule has 4 rings (SSSR count). The number of carbonyl (C=O) groups is 1. The highest BCUT2D eigenvalue weighted by molar-refractivity contribution is 7.89. The Kier molecular flexibility index (Phi) is 4.74. The summed E-state index contributed by atoms with van der Waals surface area (Å²) in [6, 6.07) is 10.7. The Morgan fingerprint density at radius 3 is 2.26 bits per heavy atom. The van der Waals surface area contributed by atoms with Crippen molar-refractivity contribution in [2.75, 3.05) is 26.2 Å². The molecule has 0 saturated carbocycles. The van der Waals surface area contributed by atoms with Crippen LogP contribution in [-0.2, 0) is 22.9 Å². The second-order valence-electron chi connectivity index (χ2n) is 6.99. The number of halogens is 1. The molecule has 1 heterocycles. The van der Waals surface area contributed by atoms with Gasteiger partial charge in [-0.15, -0.1) is 0 Å². The van der Waals surface area contributed by atoms with Crippen LogP contribution in [0.25, 0.3) is 0 Å². The van der Waals surface area contributed by atoms with Gasteiger partial charge in [-0.1, -0.05) is 6.07 Å². The Balaban J connectivity index is 1.44. The monoisotopic (exact) mass is 388 g/mol. The quantitative estimate of drug-likeness (QED) is 0.812. The van der Waals surface area contributed by atoms with Gasteiger partial charge in [0.25, 0.3) is 5.91 Å². The fraction of sp³-hybridized carbons (Fsp3) is 0.350. The lowest BCUT2D eigenvalue weighted by Gasteiger charge is -2.34. The van der Waals surface area contributed by atoms with E-state index in [-0.39, 0.29) is 23.9 Å². The molecule has 5 nitrogen and oxygen atoms in total. The van der Waals surface area contributed by atoms with Crippen molar-refractivity contribution in [3.05, 3.63) is 65.0 Å². The molecule has 0 spiro atoms. The fourth-order valence-electron chi connectivity index (χ4n) is 3.77. The van der Waals surface area contributed by atoms with Crippen LogP contribution >= 0.6 is 0 Å². The van der Waals surface area contributed by atoms with Gasteiger partial charge in [0, 0.05) is 31.7 Å². The van der Waals surface area contributed by atoms with Crippen molar-refractivity contribution in [3.63, 3.8) is 0 Å². The molecule has 0 bridgehead atoms. The highest BCUT2D eigenvalue weighted by Gasteiger charge is 2.30. The number of fused-ring (bicyclic) bond motifs is 1. The average molecular weight is 388 g/mol. The smallest absolute Gasteiger partial charge is 0.253 e. The third-order valence-corrected chi connectivity index (χ3v) is 7.24. The summed E-state index contributed by atoms with van der Waals surface area (Å²) in [4.78, 5) is 14.6. The Morgan fingerprint density at radius 1 is 0.889 bits per heavy atom. The molecule has 0 atom stereocenters. The zero-order chi connectivity index (χ0) is 19.0. The van der Waals surface area contributed by atoms with Crippen molar-refractivity contribution in [1.82, 2.24) is 9.21 Å². The summed E-state index contributed by atoms with van der Waals surface area (Å²) in [5.41, 5.74) is 3.24. The molecule has 0 radical (unpaired) electrons. The number of hydrogen-bond acceptors (Lipinski definition) is 3. The standard InChI is InChI=1S/C20H21FN2O3S/c21-18-6-8-19(9-7-18)27(25,26)23-12-10-22(11-13-23)20(24)17-5-4-15-2-1-3-16(15)14-17/h4-9,14H,1-3,10-13H2. The van der Waals surface area contributed by atoms with Crippen molar-refractivity contribution >= 4 is 15.9 Å². The van der Waals surface area contributed by atoms with E-state index in [1.54, 1.807) is 4.90 Å². The van der Waals surface area contributed by atoms with Gasteiger partial charge < -0.3 is 4.90 Å². The van der Waals surface area contributed by atoms with Crippen molar-refractivity contribution in [2.24, 2.45) is 0 Å². The maximum Gasteiger partial charge on any atom is 0.253 e. The van der Waals surface area contributed by atoms with E-state index in [4.69, 9.17) is 0 Å². The van der Waals surface area contributed by atoms with Crippen molar-refractivity contribution < 1.29 is 17.6 Å². The van der Waals surface area contributed by atoms with Crippen LogP contribution in [0.1, 0.15) is 27.9 Å². The molecule has 142 valence electrons. The van der Waals surface area contributed by atoms with Gasteiger partial charge in [0.2, 0.25) is 10.0 Å². The predicted molar refractivity (Wildman–Crippen MR) is 99.5 cm³/mol. The van der Waals surface area contributed by atoms with E-state index >= 15 is 0 Å². The van der Waals surface area contributed by atoms with Crippen LogP contribution in [-0.4, -0.2) is 49.7 Å². The number of rotatable bonds is 3. The third-order valence-electron chi connectivity index (χ3n) is 5.32. The van der Waals surface area contributed by atoms with Crippen LogP contribution in [0, 0.1) is 5.82 Å². The number of amides is 1. The lowest BCUT2D eigenvalue weighted by Crippen LogP contribution is -2.50. The Labute approximate surface area is 158 Å². The van der Waals surface area contributed by atoms with E-state index in [1.165, 1.54) is 27.6 Å². The Morgan fingerprint density at radius 2 is 1.56 bits per heavy atom. The van der Waals surface area contributed by atoms with E-state index in [9.17, 15) is 17.6 Å². The lowest BCUT2D eigenvalue weighted by molar-refractivity contribution is 0.0698. The largest absolute Gasteiger partial charge is 0.336 e. The summed E-state index contributed by atoms with van der Waals surface area (Å²) < 4.78 is 39.7. The number of sulfonamides is 1. The van der Waals surface area contributed by atoms with Gasteiger partial charge in [-0.2, -0.15) is 4.31 Å². The summed E-state index contributed by atoms with van der Waals surface area (Å²) in [7, 11) is -3.67. The number of carbonyl (C=O) groups excluding carboxylic acids is 1. The van der Waals surface area contributed by atoms with Crippen LogP contribution in [0.5, 0.6) is 0 Å². The van der Waals surface area contributed by atoms with Gasteiger partial charge >= 0.3 is 0 Å². The molecule has 7 heteroatoms. The average Bonchev–Trinajstić information content (AvgIpc) is 3.15. The van der Waals surface area contributed by atoms with E-state index in [0.29, 0.717) is 18.7 Å². The molecule has 0 aromatic heterocycles. The molecule has 2 aromatic carbocycles. The van der Waals surface area contributed by atoms with Crippen LogP contribution in [0.2, 0.25) is 0 Å². The first kappa shape index (κ1) is 18.1. The summed E-state index contributed by atoms with van der Waals surface area (Å²) in [5.74, 6) is -0.526. The molecule has 0 N–H and O–H groups in total. The third kappa shape index (κ3) is 3.49. The highest BCUT2D eigenvalue weighted by atomic mass is 32.2. The van der Waals surface area contributed by atoms with Gasteiger partial charge in [0.15, 0.2) is 0 Å². The molecule has 1 aliphatic carbocycles. The van der Waals surface area contributed by atoms with Gasteiger partial charge in [0.1, 0.15) is 5.82 Å². The minimum atomic E-state index is -3.67. The van der Waals surface area contributed by atoms with E-state index in [2.05, 4.69) is 0 Å². The number of nitrogens with zero attached hydrogens (tertiary/aromatic N) is 2. The normalized spacial score (nSPS) is 17.7. The second-order valence-corrected chi connectivity index (χ2v) is 8.93.